The molecule has 0 aliphatic carbocycles. The SMILES string of the molecule is Cc1cccc(OC(=O)SCCN=C=S)c1. The van der Waals surface area contributed by atoms with Gasteiger partial charge in [-0.1, -0.05) is 12.1 Å². The Bertz CT molecular complexity index is 414. The smallest absolute Gasteiger partial charge is 0.372 e. The second-order valence-corrected chi connectivity index (χ2v) is 4.20. The van der Waals surface area contributed by atoms with Gasteiger partial charge in [0.1, 0.15) is 5.75 Å². The van der Waals surface area contributed by atoms with E-state index in [9.17, 15) is 4.79 Å². The molecule has 1 aromatic rings. The Morgan fingerprint density at radius 2 is 2.44 bits per heavy atom. The first-order valence-corrected chi connectivity index (χ1v) is 6.06. The summed E-state index contributed by atoms with van der Waals surface area (Å²) in [5.74, 6) is 1.12. The fourth-order valence-corrected chi connectivity index (χ4v) is 1.62. The topological polar surface area (TPSA) is 38.7 Å². The maximum atomic E-state index is 11.3. The fourth-order valence-electron chi connectivity index (χ4n) is 1.02. The highest BCUT2D eigenvalue weighted by atomic mass is 32.2. The van der Waals surface area contributed by atoms with E-state index in [0.717, 1.165) is 17.3 Å². The number of hydrogen-bond donors (Lipinski definition) is 0. The van der Waals surface area contributed by atoms with Gasteiger partial charge in [-0.3, -0.25) is 0 Å². The third kappa shape index (κ3) is 5.07. The number of carbonyl (C=O) groups is 1. The summed E-state index contributed by atoms with van der Waals surface area (Å²) in [7, 11) is 0. The molecule has 3 nitrogen and oxygen atoms in total. The molecule has 1 rings (SSSR count). The molecule has 0 radical (unpaired) electrons. The second kappa shape index (κ2) is 7.17. The van der Waals surface area contributed by atoms with Crippen LogP contribution in [0.1, 0.15) is 5.56 Å². The van der Waals surface area contributed by atoms with Crippen LogP contribution in [0.2, 0.25) is 0 Å². The predicted molar refractivity (Wildman–Crippen MR) is 69.6 cm³/mol. The van der Waals surface area contributed by atoms with Crippen LogP contribution < -0.4 is 4.74 Å². The van der Waals surface area contributed by atoms with Gasteiger partial charge in [0.05, 0.1) is 11.7 Å². The average molecular weight is 253 g/mol. The lowest BCUT2D eigenvalue weighted by molar-refractivity contribution is 0.227. The van der Waals surface area contributed by atoms with E-state index < -0.39 is 0 Å². The van der Waals surface area contributed by atoms with Gasteiger partial charge < -0.3 is 4.74 Å². The first kappa shape index (κ1) is 12.9. The molecule has 1 aromatic carbocycles. The van der Waals surface area contributed by atoms with Crippen LogP contribution in [0.25, 0.3) is 0 Å². The maximum absolute atomic E-state index is 11.3. The van der Waals surface area contributed by atoms with Gasteiger partial charge in [-0.05, 0) is 48.6 Å². The first-order chi connectivity index (χ1) is 7.72. The van der Waals surface area contributed by atoms with Crippen LogP contribution in [0.3, 0.4) is 0 Å². The summed E-state index contributed by atoms with van der Waals surface area (Å²) < 4.78 is 5.11. The van der Waals surface area contributed by atoms with Crippen LogP contribution in [-0.2, 0) is 0 Å². The van der Waals surface area contributed by atoms with Crippen LogP contribution >= 0.6 is 24.0 Å². The van der Waals surface area contributed by atoms with Gasteiger partial charge in [-0.25, -0.2) is 9.79 Å². The van der Waals surface area contributed by atoms with E-state index in [-0.39, 0.29) is 5.30 Å². The Balaban J connectivity index is 2.36. The number of thioether (sulfide) groups is 1. The van der Waals surface area contributed by atoms with Crippen molar-refractivity contribution >= 4 is 34.4 Å². The zero-order valence-electron chi connectivity index (χ0n) is 8.80. The van der Waals surface area contributed by atoms with E-state index in [1.165, 1.54) is 0 Å². The number of carbonyl (C=O) groups excluding carboxylic acids is 1. The summed E-state index contributed by atoms with van der Waals surface area (Å²) in [4.78, 5) is 15.0. The van der Waals surface area contributed by atoms with E-state index in [4.69, 9.17) is 4.74 Å². The number of benzene rings is 1. The van der Waals surface area contributed by atoms with Crippen molar-refractivity contribution in [2.24, 2.45) is 4.99 Å². The van der Waals surface area contributed by atoms with E-state index in [2.05, 4.69) is 22.4 Å². The molecule has 0 spiro atoms. The summed E-state index contributed by atoms with van der Waals surface area (Å²) in [6, 6.07) is 7.35. The summed E-state index contributed by atoms with van der Waals surface area (Å²) >= 11 is 5.48. The standard InChI is InChI=1S/C11H11NO2S2/c1-9-3-2-4-10(7-9)14-11(13)16-6-5-12-8-15/h2-4,7H,5-6H2,1H3. The molecule has 0 aromatic heterocycles. The van der Waals surface area contributed by atoms with Crippen molar-refractivity contribution in [3.63, 3.8) is 0 Å². The number of nitrogens with zero attached hydrogens (tertiary/aromatic N) is 1. The van der Waals surface area contributed by atoms with E-state index >= 15 is 0 Å². The minimum absolute atomic E-state index is 0.329. The van der Waals surface area contributed by atoms with Crippen molar-refractivity contribution in [1.82, 2.24) is 0 Å². The molecule has 0 unspecified atom stereocenters. The zero-order chi connectivity index (χ0) is 11.8. The monoisotopic (exact) mass is 253 g/mol. The lowest BCUT2D eigenvalue weighted by Crippen LogP contribution is -2.02. The lowest BCUT2D eigenvalue weighted by atomic mass is 10.2. The Morgan fingerprint density at radius 1 is 1.62 bits per heavy atom. The van der Waals surface area contributed by atoms with E-state index in [1.54, 1.807) is 6.07 Å². The Labute approximate surface area is 104 Å². The van der Waals surface area contributed by atoms with Gasteiger partial charge in [0, 0.05) is 5.75 Å². The summed E-state index contributed by atoms with van der Waals surface area (Å²) in [5.41, 5.74) is 1.06. The van der Waals surface area contributed by atoms with E-state index in [0.29, 0.717) is 18.0 Å². The van der Waals surface area contributed by atoms with E-state index in [1.807, 2.05) is 25.1 Å². The maximum Gasteiger partial charge on any atom is 0.372 e. The molecule has 0 bridgehead atoms. The van der Waals surface area contributed by atoms with Crippen LogP contribution in [0.15, 0.2) is 29.3 Å². The highest BCUT2D eigenvalue weighted by Crippen LogP contribution is 2.15. The highest BCUT2D eigenvalue weighted by molar-refractivity contribution is 8.13. The molecular formula is C11H11NO2S2. The van der Waals surface area contributed by atoms with Gasteiger partial charge in [0.15, 0.2) is 0 Å². The van der Waals surface area contributed by atoms with Crippen molar-refractivity contribution in [3.05, 3.63) is 29.8 Å². The third-order valence-electron chi connectivity index (χ3n) is 1.68. The third-order valence-corrected chi connectivity index (χ3v) is 2.51. The molecule has 16 heavy (non-hydrogen) atoms. The highest BCUT2D eigenvalue weighted by Gasteiger charge is 2.04. The predicted octanol–water partition coefficient (Wildman–Crippen LogP) is 3.33. The summed E-state index contributed by atoms with van der Waals surface area (Å²) in [6.07, 6.45) is 0. The number of hydrogen-bond acceptors (Lipinski definition) is 5. The van der Waals surface area contributed by atoms with Crippen LogP contribution in [0.4, 0.5) is 4.79 Å². The van der Waals surface area contributed by atoms with Crippen LogP contribution in [0.5, 0.6) is 5.75 Å². The minimum Gasteiger partial charge on any atom is -0.418 e. The number of rotatable bonds is 4. The Hall–Kier alpha value is -1.16. The van der Waals surface area contributed by atoms with Gasteiger partial charge in [0.25, 0.3) is 0 Å². The van der Waals surface area contributed by atoms with Crippen molar-refractivity contribution < 1.29 is 9.53 Å². The fraction of sp³-hybridized carbons (Fsp3) is 0.273. The molecule has 0 atom stereocenters. The molecule has 5 heteroatoms. The molecule has 0 aliphatic rings. The number of aliphatic imine (C=N–C) groups is 1. The van der Waals surface area contributed by atoms with Crippen molar-refractivity contribution in [1.29, 1.82) is 0 Å². The molecule has 0 N–H and O–H groups in total. The largest absolute Gasteiger partial charge is 0.418 e. The number of thiocarbonyl (C=S) groups is 1. The van der Waals surface area contributed by atoms with Crippen molar-refractivity contribution in [2.45, 2.75) is 6.92 Å². The Kier molecular flexibility index (Phi) is 5.78. The van der Waals surface area contributed by atoms with Gasteiger partial charge in [-0.15, -0.1) is 0 Å². The van der Waals surface area contributed by atoms with Gasteiger partial charge in [0.2, 0.25) is 0 Å². The molecule has 84 valence electrons. The second-order valence-electron chi connectivity index (χ2n) is 2.99. The quantitative estimate of drug-likeness (QED) is 0.357. The molecular weight excluding hydrogens is 242 g/mol. The molecule has 0 saturated heterocycles. The van der Waals surface area contributed by atoms with Crippen molar-refractivity contribution in [3.8, 4) is 5.75 Å². The molecule has 0 heterocycles. The average Bonchev–Trinajstić information content (AvgIpc) is 2.24. The molecule has 0 fully saturated rings. The molecule has 0 aliphatic heterocycles. The zero-order valence-corrected chi connectivity index (χ0v) is 10.4. The summed E-state index contributed by atoms with van der Waals surface area (Å²) in [6.45, 7) is 2.43. The normalized spacial score (nSPS) is 9.31. The number of isothiocyanates is 1. The Morgan fingerprint density at radius 3 is 3.12 bits per heavy atom. The van der Waals surface area contributed by atoms with Crippen LogP contribution in [-0.4, -0.2) is 22.8 Å². The molecule has 0 amide bonds. The molecule has 0 saturated carbocycles. The summed E-state index contributed by atoms with van der Waals surface area (Å²) in [5, 5.41) is 1.91. The number of aryl methyl sites for hydroxylation is 1. The minimum atomic E-state index is -0.329. The van der Waals surface area contributed by atoms with Gasteiger partial charge >= 0.3 is 5.30 Å². The van der Waals surface area contributed by atoms with Gasteiger partial charge in [-0.2, -0.15) is 0 Å². The van der Waals surface area contributed by atoms with Crippen molar-refractivity contribution in [2.75, 3.05) is 12.3 Å². The van der Waals surface area contributed by atoms with Crippen LogP contribution in [0, 0.1) is 6.92 Å². The number of ether oxygens (including phenoxy) is 1. The lowest BCUT2D eigenvalue weighted by Gasteiger charge is -2.03. The first-order valence-electron chi connectivity index (χ1n) is 4.67.